The Bertz CT molecular complexity index is 365. The van der Waals surface area contributed by atoms with Gasteiger partial charge in [0.2, 0.25) is 0 Å². The molecule has 1 fully saturated rings. The van der Waals surface area contributed by atoms with Gasteiger partial charge in [-0.15, -0.1) is 0 Å². The summed E-state index contributed by atoms with van der Waals surface area (Å²) < 4.78 is 13.4. The van der Waals surface area contributed by atoms with E-state index < -0.39 is 0 Å². The molecule has 0 radical (unpaired) electrons. The minimum absolute atomic E-state index is 0.112. The summed E-state index contributed by atoms with van der Waals surface area (Å²) in [4.78, 5) is 2.32. The molecular weight excluding hydrogens is 203 g/mol. The molecule has 0 amide bonds. The van der Waals surface area contributed by atoms with E-state index >= 15 is 0 Å². The fourth-order valence-corrected chi connectivity index (χ4v) is 2.30. The number of halogens is 1. The maximum absolute atomic E-state index is 13.4. The van der Waals surface area contributed by atoms with Crippen molar-refractivity contribution in [3.63, 3.8) is 0 Å². The minimum atomic E-state index is -0.112. The summed E-state index contributed by atoms with van der Waals surface area (Å²) in [5, 5.41) is 0. The highest BCUT2D eigenvalue weighted by molar-refractivity contribution is 5.27. The number of piperidine rings is 1. The summed E-state index contributed by atoms with van der Waals surface area (Å²) in [5.74, 6) is -0.112. The van der Waals surface area contributed by atoms with Crippen molar-refractivity contribution in [1.82, 2.24) is 4.90 Å². The van der Waals surface area contributed by atoms with Crippen molar-refractivity contribution in [2.45, 2.75) is 32.4 Å². The maximum atomic E-state index is 13.4. The number of nitrogens with two attached hydrogens (primary N) is 1. The Kier molecular flexibility index (Phi) is 3.56. The number of rotatable bonds is 2. The van der Waals surface area contributed by atoms with Crippen LogP contribution >= 0.6 is 0 Å². The second kappa shape index (κ2) is 4.93. The Balaban J connectivity index is 2.05. The zero-order valence-corrected chi connectivity index (χ0v) is 9.75. The normalized spacial score (nSPS) is 22.3. The summed E-state index contributed by atoms with van der Waals surface area (Å²) in [7, 11) is 0. The molecule has 3 heteroatoms. The van der Waals surface area contributed by atoms with Gasteiger partial charge in [0.15, 0.2) is 0 Å². The molecule has 1 aliphatic heterocycles. The van der Waals surface area contributed by atoms with Crippen molar-refractivity contribution in [3.05, 3.63) is 35.1 Å². The second-order valence-corrected chi connectivity index (χ2v) is 4.66. The number of benzene rings is 1. The van der Waals surface area contributed by atoms with Crippen LogP contribution in [0.4, 0.5) is 4.39 Å². The molecule has 0 aromatic heterocycles. The van der Waals surface area contributed by atoms with Gasteiger partial charge in [-0.25, -0.2) is 4.39 Å². The first kappa shape index (κ1) is 11.6. The predicted octanol–water partition coefficient (Wildman–Crippen LogP) is 2.06. The van der Waals surface area contributed by atoms with Gasteiger partial charge in [0, 0.05) is 19.1 Å². The van der Waals surface area contributed by atoms with E-state index in [1.54, 1.807) is 6.07 Å². The Morgan fingerprint density at radius 2 is 2.31 bits per heavy atom. The van der Waals surface area contributed by atoms with Gasteiger partial charge >= 0.3 is 0 Å². The van der Waals surface area contributed by atoms with Crippen molar-refractivity contribution < 1.29 is 4.39 Å². The third-order valence-electron chi connectivity index (χ3n) is 3.32. The van der Waals surface area contributed by atoms with Crippen LogP contribution in [0, 0.1) is 12.7 Å². The van der Waals surface area contributed by atoms with E-state index in [4.69, 9.17) is 5.73 Å². The van der Waals surface area contributed by atoms with Crippen molar-refractivity contribution >= 4 is 0 Å². The molecule has 1 aromatic rings. The van der Waals surface area contributed by atoms with Gasteiger partial charge in [-0.3, -0.25) is 4.90 Å². The molecule has 0 saturated carbocycles. The molecule has 0 aliphatic carbocycles. The van der Waals surface area contributed by atoms with Crippen LogP contribution in [0.5, 0.6) is 0 Å². The molecule has 1 aromatic carbocycles. The number of hydrogen-bond donors (Lipinski definition) is 1. The molecule has 16 heavy (non-hydrogen) atoms. The Labute approximate surface area is 96.2 Å². The molecule has 2 nitrogen and oxygen atoms in total. The van der Waals surface area contributed by atoms with Gasteiger partial charge in [-0.2, -0.15) is 0 Å². The van der Waals surface area contributed by atoms with Crippen molar-refractivity contribution in [1.29, 1.82) is 0 Å². The van der Waals surface area contributed by atoms with Crippen LogP contribution in [-0.4, -0.2) is 24.0 Å². The molecule has 1 atom stereocenters. The fourth-order valence-electron chi connectivity index (χ4n) is 2.30. The van der Waals surface area contributed by atoms with E-state index in [-0.39, 0.29) is 11.9 Å². The number of likely N-dealkylation sites (tertiary alicyclic amines) is 1. The van der Waals surface area contributed by atoms with Crippen molar-refractivity contribution in [2.75, 3.05) is 13.1 Å². The standard InChI is InChI=1S/C13H19FN2/c1-10-11(4-2-6-13(10)14)8-16-7-3-5-12(15)9-16/h2,4,6,12H,3,5,7-9,15H2,1H3/t12-/m0/s1. The SMILES string of the molecule is Cc1c(F)cccc1CN1CCC[C@H](N)C1. The highest BCUT2D eigenvalue weighted by Crippen LogP contribution is 2.17. The summed E-state index contributed by atoms with van der Waals surface area (Å²) in [6, 6.07) is 5.57. The Morgan fingerprint density at radius 3 is 3.06 bits per heavy atom. The summed E-state index contributed by atoms with van der Waals surface area (Å²) in [5.41, 5.74) is 7.77. The zero-order chi connectivity index (χ0) is 11.5. The smallest absolute Gasteiger partial charge is 0.126 e. The Hall–Kier alpha value is -0.930. The molecule has 1 aliphatic rings. The van der Waals surface area contributed by atoms with E-state index in [9.17, 15) is 4.39 Å². The first-order valence-corrected chi connectivity index (χ1v) is 5.89. The molecule has 1 saturated heterocycles. The highest BCUT2D eigenvalue weighted by atomic mass is 19.1. The average molecular weight is 222 g/mol. The highest BCUT2D eigenvalue weighted by Gasteiger charge is 2.17. The first-order chi connectivity index (χ1) is 7.66. The van der Waals surface area contributed by atoms with Crippen LogP contribution in [0.3, 0.4) is 0 Å². The lowest BCUT2D eigenvalue weighted by Gasteiger charge is -2.31. The van der Waals surface area contributed by atoms with Crippen LogP contribution in [-0.2, 0) is 6.54 Å². The fraction of sp³-hybridized carbons (Fsp3) is 0.538. The van der Waals surface area contributed by atoms with Crippen LogP contribution in [0.15, 0.2) is 18.2 Å². The largest absolute Gasteiger partial charge is 0.327 e. The molecule has 0 bridgehead atoms. The van der Waals surface area contributed by atoms with Crippen LogP contribution < -0.4 is 5.73 Å². The van der Waals surface area contributed by atoms with E-state index in [0.717, 1.165) is 43.6 Å². The van der Waals surface area contributed by atoms with Crippen LogP contribution in [0.1, 0.15) is 24.0 Å². The van der Waals surface area contributed by atoms with E-state index in [0.29, 0.717) is 0 Å². The van der Waals surface area contributed by atoms with Gasteiger partial charge in [0.05, 0.1) is 0 Å². The molecule has 0 spiro atoms. The third-order valence-corrected chi connectivity index (χ3v) is 3.32. The van der Waals surface area contributed by atoms with Gasteiger partial charge < -0.3 is 5.73 Å². The second-order valence-electron chi connectivity index (χ2n) is 4.66. The molecular formula is C13H19FN2. The van der Waals surface area contributed by atoms with E-state index in [1.807, 2.05) is 13.0 Å². The van der Waals surface area contributed by atoms with Gasteiger partial charge in [-0.1, -0.05) is 12.1 Å². The Morgan fingerprint density at radius 1 is 1.50 bits per heavy atom. The number of hydrogen-bond acceptors (Lipinski definition) is 2. The van der Waals surface area contributed by atoms with Gasteiger partial charge in [0.1, 0.15) is 5.82 Å². The lowest BCUT2D eigenvalue weighted by molar-refractivity contribution is 0.201. The van der Waals surface area contributed by atoms with Crippen LogP contribution in [0.25, 0.3) is 0 Å². The quantitative estimate of drug-likeness (QED) is 0.830. The van der Waals surface area contributed by atoms with Crippen molar-refractivity contribution in [2.24, 2.45) is 5.73 Å². The van der Waals surface area contributed by atoms with Gasteiger partial charge in [0.25, 0.3) is 0 Å². The minimum Gasteiger partial charge on any atom is -0.327 e. The molecule has 2 N–H and O–H groups in total. The van der Waals surface area contributed by atoms with Crippen molar-refractivity contribution in [3.8, 4) is 0 Å². The molecule has 1 heterocycles. The van der Waals surface area contributed by atoms with E-state index in [2.05, 4.69) is 4.90 Å². The van der Waals surface area contributed by atoms with E-state index in [1.165, 1.54) is 6.07 Å². The molecule has 88 valence electrons. The summed E-state index contributed by atoms with van der Waals surface area (Å²) in [6.45, 7) is 4.66. The number of nitrogens with zero attached hydrogens (tertiary/aromatic N) is 1. The maximum Gasteiger partial charge on any atom is 0.126 e. The summed E-state index contributed by atoms with van der Waals surface area (Å²) >= 11 is 0. The summed E-state index contributed by atoms with van der Waals surface area (Å²) in [6.07, 6.45) is 2.26. The lowest BCUT2D eigenvalue weighted by Crippen LogP contribution is -2.42. The predicted molar refractivity (Wildman–Crippen MR) is 63.6 cm³/mol. The topological polar surface area (TPSA) is 29.3 Å². The lowest BCUT2D eigenvalue weighted by atomic mass is 10.0. The third kappa shape index (κ3) is 2.60. The van der Waals surface area contributed by atoms with Crippen LogP contribution in [0.2, 0.25) is 0 Å². The average Bonchev–Trinajstić information content (AvgIpc) is 2.25. The first-order valence-electron chi connectivity index (χ1n) is 5.89. The van der Waals surface area contributed by atoms with Gasteiger partial charge in [-0.05, 0) is 43.5 Å². The molecule has 0 unspecified atom stereocenters. The molecule has 2 rings (SSSR count). The monoisotopic (exact) mass is 222 g/mol. The zero-order valence-electron chi connectivity index (χ0n) is 9.75.